The highest BCUT2D eigenvalue weighted by atomic mass is 19.4. The van der Waals surface area contributed by atoms with Gasteiger partial charge < -0.3 is 20.1 Å². The van der Waals surface area contributed by atoms with E-state index in [4.69, 9.17) is 19.8 Å². The highest BCUT2D eigenvalue weighted by molar-refractivity contribution is 5.73. The second kappa shape index (κ2) is 12.2. The summed E-state index contributed by atoms with van der Waals surface area (Å²) in [6.07, 6.45) is -4.40. The Labute approximate surface area is 200 Å². The summed E-state index contributed by atoms with van der Waals surface area (Å²) in [6, 6.07) is 14.7. The number of halogens is 6. The minimum absolute atomic E-state index is 0.295. The molecular weight excluding hydrogens is 498 g/mol. The third-order valence-electron chi connectivity index (χ3n) is 4.70. The number of nitrogens with zero attached hydrogens (tertiary/aromatic N) is 3. The first-order valence-electron chi connectivity index (χ1n) is 10.1. The fraction of sp³-hybridized carbons (Fsp3) is 0.273. The van der Waals surface area contributed by atoms with Crippen molar-refractivity contribution in [1.29, 1.82) is 0 Å². The number of rotatable bonds is 3. The maximum atomic E-state index is 10.6. The summed E-state index contributed by atoms with van der Waals surface area (Å²) in [4.78, 5) is 26.8. The van der Waals surface area contributed by atoms with E-state index in [2.05, 4.69) is 50.2 Å². The second-order valence-corrected chi connectivity index (χ2v) is 7.22. The zero-order chi connectivity index (χ0) is 26.9. The molecule has 0 saturated carbocycles. The Balaban J connectivity index is 0.000000271. The van der Waals surface area contributed by atoms with E-state index >= 15 is 0 Å². The van der Waals surface area contributed by atoms with Crippen LogP contribution in [0.1, 0.15) is 28.6 Å². The minimum atomic E-state index is -5.08. The van der Waals surface area contributed by atoms with E-state index in [0.717, 1.165) is 31.2 Å². The quantitative estimate of drug-likeness (QED) is 0.451. The van der Waals surface area contributed by atoms with Gasteiger partial charge in [-0.25, -0.2) is 14.6 Å². The first-order chi connectivity index (χ1) is 16.8. The molecule has 1 aromatic carbocycles. The van der Waals surface area contributed by atoms with Gasteiger partial charge in [-0.2, -0.15) is 26.3 Å². The van der Waals surface area contributed by atoms with Crippen molar-refractivity contribution in [1.82, 2.24) is 19.9 Å². The molecule has 0 saturated heterocycles. The van der Waals surface area contributed by atoms with E-state index in [1.54, 1.807) is 0 Å². The Hall–Kier alpha value is -3.94. The van der Waals surface area contributed by atoms with Crippen LogP contribution in [0.15, 0.2) is 61.1 Å². The summed E-state index contributed by atoms with van der Waals surface area (Å²) in [7, 11) is 0. The predicted molar refractivity (Wildman–Crippen MR) is 113 cm³/mol. The van der Waals surface area contributed by atoms with Gasteiger partial charge in [-0.15, -0.1) is 0 Å². The van der Waals surface area contributed by atoms with Crippen molar-refractivity contribution in [2.45, 2.75) is 31.4 Å². The molecule has 2 aromatic heterocycles. The van der Waals surface area contributed by atoms with Crippen LogP contribution in [-0.4, -0.2) is 55.6 Å². The molecule has 0 radical (unpaired) electrons. The molecule has 1 atom stereocenters. The van der Waals surface area contributed by atoms with Crippen molar-refractivity contribution in [2.75, 3.05) is 6.54 Å². The van der Waals surface area contributed by atoms with E-state index in [1.165, 1.54) is 11.1 Å². The Bertz CT molecular complexity index is 1130. The third-order valence-corrected chi connectivity index (χ3v) is 4.70. The van der Waals surface area contributed by atoms with Crippen LogP contribution in [0.3, 0.4) is 0 Å². The molecule has 0 amide bonds. The summed E-state index contributed by atoms with van der Waals surface area (Å²) in [5, 5.41) is 17.8. The molecule has 1 aliphatic rings. The summed E-state index contributed by atoms with van der Waals surface area (Å²) in [6.45, 7) is 2.62. The van der Waals surface area contributed by atoms with Gasteiger partial charge in [0.25, 0.3) is 0 Å². The monoisotopic (exact) mass is 518 g/mol. The smallest absolute Gasteiger partial charge is 0.475 e. The van der Waals surface area contributed by atoms with Crippen LogP contribution in [0.25, 0.3) is 0 Å². The maximum Gasteiger partial charge on any atom is 0.490 e. The molecule has 36 heavy (non-hydrogen) atoms. The Morgan fingerprint density at radius 2 is 1.50 bits per heavy atom. The zero-order valence-corrected chi connectivity index (χ0v) is 18.3. The molecule has 194 valence electrons. The van der Waals surface area contributed by atoms with E-state index in [-0.39, 0.29) is 0 Å². The molecular formula is C22H20F6N4O4. The average molecular weight is 518 g/mol. The molecule has 0 fully saturated rings. The number of carbonyl (C=O) groups is 2. The number of nitrogens with one attached hydrogen (secondary N) is 1. The predicted octanol–water partition coefficient (Wildman–Crippen LogP) is 3.83. The Morgan fingerprint density at radius 1 is 0.917 bits per heavy atom. The highest BCUT2D eigenvalue weighted by Gasteiger charge is 2.38. The third kappa shape index (κ3) is 8.37. The number of aromatic nitrogens is 3. The number of imidazole rings is 1. The van der Waals surface area contributed by atoms with E-state index < -0.39 is 24.3 Å². The number of fused-ring (bicyclic) bond motifs is 1. The van der Waals surface area contributed by atoms with Gasteiger partial charge in [0.2, 0.25) is 0 Å². The SMILES string of the molecule is O=C(O)C(F)(F)F.O=C(O)C(F)(F)F.c1ccc(Cn2ccnc2C2CNCc3ccccc32)nc1. The summed E-state index contributed by atoms with van der Waals surface area (Å²) in [5.41, 5.74) is 3.81. The van der Waals surface area contributed by atoms with Gasteiger partial charge in [-0.3, -0.25) is 4.98 Å². The van der Waals surface area contributed by atoms with Crippen LogP contribution in [-0.2, 0) is 22.7 Å². The number of carboxylic acid groups (broad SMARTS) is 2. The van der Waals surface area contributed by atoms with Crippen LogP contribution in [0.2, 0.25) is 0 Å². The lowest BCUT2D eigenvalue weighted by Gasteiger charge is -2.26. The molecule has 8 nitrogen and oxygen atoms in total. The number of alkyl halides is 6. The maximum absolute atomic E-state index is 10.6. The Kier molecular flexibility index (Phi) is 9.55. The molecule has 4 rings (SSSR count). The molecule has 0 bridgehead atoms. The molecule has 0 spiro atoms. The highest BCUT2D eigenvalue weighted by Crippen LogP contribution is 2.29. The van der Waals surface area contributed by atoms with Crippen molar-refractivity contribution in [3.05, 3.63) is 83.7 Å². The lowest BCUT2D eigenvalue weighted by molar-refractivity contribution is -0.193. The van der Waals surface area contributed by atoms with Crippen LogP contribution < -0.4 is 5.32 Å². The van der Waals surface area contributed by atoms with Crippen LogP contribution >= 0.6 is 0 Å². The number of benzene rings is 1. The molecule has 0 aliphatic carbocycles. The molecule has 3 aromatic rings. The lowest BCUT2D eigenvalue weighted by Crippen LogP contribution is -2.30. The topological polar surface area (TPSA) is 117 Å². The van der Waals surface area contributed by atoms with Crippen LogP contribution in [0, 0.1) is 0 Å². The van der Waals surface area contributed by atoms with Crippen molar-refractivity contribution in [3.8, 4) is 0 Å². The first kappa shape index (κ1) is 28.3. The van der Waals surface area contributed by atoms with Crippen LogP contribution in [0.4, 0.5) is 26.3 Å². The van der Waals surface area contributed by atoms with E-state index in [9.17, 15) is 26.3 Å². The van der Waals surface area contributed by atoms with Crippen molar-refractivity contribution < 1.29 is 46.1 Å². The van der Waals surface area contributed by atoms with Gasteiger partial charge in [-0.05, 0) is 23.3 Å². The molecule has 3 heterocycles. The fourth-order valence-corrected chi connectivity index (χ4v) is 3.16. The van der Waals surface area contributed by atoms with E-state index in [0.29, 0.717) is 5.92 Å². The van der Waals surface area contributed by atoms with Gasteiger partial charge in [0.15, 0.2) is 0 Å². The Morgan fingerprint density at radius 3 is 2.06 bits per heavy atom. The largest absolute Gasteiger partial charge is 0.490 e. The molecule has 14 heteroatoms. The van der Waals surface area contributed by atoms with Gasteiger partial charge >= 0.3 is 24.3 Å². The standard InChI is InChI=1S/C18H18N4.2C2HF3O2/c1-2-7-16-14(5-1)11-19-12-17(16)18-21-9-10-22(18)13-15-6-3-4-8-20-15;2*3-2(4,5)1(6)7/h1-10,17,19H,11-13H2;2*(H,6,7). The van der Waals surface area contributed by atoms with Crippen molar-refractivity contribution >= 4 is 11.9 Å². The number of pyridine rings is 1. The lowest BCUT2D eigenvalue weighted by atomic mass is 9.90. The number of carboxylic acids is 2. The number of hydrogen-bond acceptors (Lipinski definition) is 5. The summed E-state index contributed by atoms with van der Waals surface area (Å²) in [5.74, 6) is -4.12. The number of aliphatic carboxylic acids is 2. The fourth-order valence-electron chi connectivity index (χ4n) is 3.16. The summed E-state index contributed by atoms with van der Waals surface area (Å²) < 4.78 is 65.7. The second-order valence-electron chi connectivity index (χ2n) is 7.22. The molecule has 1 unspecified atom stereocenters. The number of hydrogen-bond donors (Lipinski definition) is 3. The van der Waals surface area contributed by atoms with Gasteiger partial charge in [-0.1, -0.05) is 30.3 Å². The normalized spacial score (nSPS) is 14.9. The summed E-state index contributed by atoms with van der Waals surface area (Å²) >= 11 is 0. The van der Waals surface area contributed by atoms with Gasteiger partial charge in [0.1, 0.15) is 5.82 Å². The first-order valence-corrected chi connectivity index (χ1v) is 10.1. The molecule has 1 aliphatic heterocycles. The van der Waals surface area contributed by atoms with E-state index in [1.807, 2.05) is 30.7 Å². The van der Waals surface area contributed by atoms with Gasteiger partial charge in [0.05, 0.1) is 18.2 Å². The average Bonchev–Trinajstić information content (AvgIpc) is 3.27. The molecule has 3 N–H and O–H groups in total. The minimum Gasteiger partial charge on any atom is -0.475 e. The van der Waals surface area contributed by atoms with Crippen molar-refractivity contribution in [2.24, 2.45) is 0 Å². The zero-order valence-electron chi connectivity index (χ0n) is 18.3. The van der Waals surface area contributed by atoms with Gasteiger partial charge in [0, 0.05) is 31.7 Å². The van der Waals surface area contributed by atoms with Crippen molar-refractivity contribution in [3.63, 3.8) is 0 Å². The van der Waals surface area contributed by atoms with Crippen LogP contribution in [0.5, 0.6) is 0 Å².